The molecule has 8 heteroatoms. The predicted octanol–water partition coefficient (Wildman–Crippen LogP) is 0.643. The van der Waals surface area contributed by atoms with Gasteiger partial charge in [-0.05, 0) is 31.4 Å². The summed E-state index contributed by atoms with van der Waals surface area (Å²) in [7, 11) is 3.09. The van der Waals surface area contributed by atoms with Crippen LogP contribution in [0.25, 0.3) is 0 Å². The number of amides is 1. The topological polar surface area (TPSA) is 89.2 Å². The van der Waals surface area contributed by atoms with Crippen molar-refractivity contribution in [3.8, 4) is 0 Å². The van der Waals surface area contributed by atoms with Crippen molar-refractivity contribution in [1.82, 2.24) is 14.1 Å². The van der Waals surface area contributed by atoms with Crippen LogP contribution < -0.4 is 21.5 Å². The molecule has 1 N–H and O–H groups in total. The van der Waals surface area contributed by atoms with Gasteiger partial charge in [0.25, 0.3) is 5.56 Å². The van der Waals surface area contributed by atoms with Gasteiger partial charge in [-0.1, -0.05) is 6.07 Å². The molecule has 1 aliphatic rings. The number of carbonyl (C=O) groups excluding carboxylic acids is 1. The van der Waals surface area contributed by atoms with E-state index in [9.17, 15) is 14.4 Å². The van der Waals surface area contributed by atoms with Gasteiger partial charge in [-0.15, -0.1) is 0 Å². The van der Waals surface area contributed by atoms with Crippen molar-refractivity contribution in [2.24, 2.45) is 20.0 Å². The van der Waals surface area contributed by atoms with Gasteiger partial charge in [0.2, 0.25) is 5.91 Å². The zero-order valence-corrected chi connectivity index (χ0v) is 15.2. The van der Waals surface area contributed by atoms with Gasteiger partial charge in [0.1, 0.15) is 11.6 Å². The molecule has 1 saturated heterocycles. The average molecular weight is 357 g/mol. The highest BCUT2D eigenvalue weighted by atomic mass is 16.2. The van der Waals surface area contributed by atoms with Crippen LogP contribution in [0.2, 0.25) is 0 Å². The van der Waals surface area contributed by atoms with Crippen molar-refractivity contribution in [1.29, 1.82) is 0 Å². The lowest BCUT2D eigenvalue weighted by Gasteiger charge is -2.34. The molecule has 8 nitrogen and oxygen atoms in total. The summed E-state index contributed by atoms with van der Waals surface area (Å²) in [5, 5.41) is 2.85. The maximum absolute atomic E-state index is 12.6. The summed E-state index contributed by atoms with van der Waals surface area (Å²) < 4.78 is 2.52. The van der Waals surface area contributed by atoms with Gasteiger partial charge < -0.3 is 10.2 Å². The zero-order valence-electron chi connectivity index (χ0n) is 15.2. The third-order valence-corrected chi connectivity index (χ3v) is 4.78. The Balaban J connectivity index is 1.77. The SMILES string of the molecule is Cc1ccc(NC(=O)[C@H]2CCCN(c3cc(=O)n(C)c(=O)n3C)C2)nc1. The normalized spacial score (nSPS) is 17.2. The first-order chi connectivity index (χ1) is 12.4. The summed E-state index contributed by atoms with van der Waals surface area (Å²) in [6.07, 6.45) is 3.27. The number of aryl methyl sites for hydroxylation is 1. The summed E-state index contributed by atoms with van der Waals surface area (Å²) in [6.45, 7) is 3.09. The second-order valence-electron chi connectivity index (χ2n) is 6.74. The van der Waals surface area contributed by atoms with E-state index in [1.54, 1.807) is 19.3 Å². The summed E-state index contributed by atoms with van der Waals surface area (Å²) in [5.41, 5.74) is 0.305. The van der Waals surface area contributed by atoms with Crippen molar-refractivity contribution in [3.05, 3.63) is 50.8 Å². The molecule has 2 aromatic heterocycles. The third kappa shape index (κ3) is 3.54. The number of rotatable bonds is 3. The molecule has 1 fully saturated rings. The van der Waals surface area contributed by atoms with Gasteiger partial charge in [0.05, 0.1) is 5.92 Å². The molecular weight excluding hydrogens is 334 g/mol. The molecule has 0 aromatic carbocycles. The molecule has 3 rings (SSSR count). The molecule has 0 aliphatic carbocycles. The number of piperidine rings is 1. The molecule has 1 aliphatic heterocycles. The number of carbonyl (C=O) groups is 1. The number of hydrogen-bond acceptors (Lipinski definition) is 5. The van der Waals surface area contributed by atoms with E-state index in [0.29, 0.717) is 24.7 Å². The first-order valence-electron chi connectivity index (χ1n) is 8.62. The monoisotopic (exact) mass is 357 g/mol. The number of pyridine rings is 1. The Labute approximate surface area is 151 Å². The van der Waals surface area contributed by atoms with Crippen LogP contribution in [0.1, 0.15) is 18.4 Å². The van der Waals surface area contributed by atoms with Crippen LogP contribution in [0.15, 0.2) is 34.0 Å². The fourth-order valence-electron chi connectivity index (χ4n) is 3.19. The number of anilines is 2. The van der Waals surface area contributed by atoms with E-state index in [1.165, 1.54) is 17.7 Å². The fraction of sp³-hybridized carbons (Fsp3) is 0.444. The maximum atomic E-state index is 12.6. The minimum atomic E-state index is -0.372. The lowest BCUT2D eigenvalue weighted by molar-refractivity contribution is -0.120. The van der Waals surface area contributed by atoms with Crippen LogP contribution >= 0.6 is 0 Å². The van der Waals surface area contributed by atoms with Gasteiger partial charge in [-0.2, -0.15) is 0 Å². The summed E-state index contributed by atoms with van der Waals surface area (Å²) in [6, 6.07) is 5.12. The first kappa shape index (κ1) is 17.9. The molecule has 0 spiro atoms. The predicted molar refractivity (Wildman–Crippen MR) is 99.5 cm³/mol. The summed E-state index contributed by atoms with van der Waals surface area (Å²) in [4.78, 5) is 42.8. The van der Waals surface area contributed by atoms with E-state index in [0.717, 1.165) is 23.0 Å². The molecule has 0 unspecified atom stereocenters. The van der Waals surface area contributed by atoms with Crippen molar-refractivity contribution in [3.63, 3.8) is 0 Å². The lowest BCUT2D eigenvalue weighted by Crippen LogP contribution is -2.45. The number of aromatic nitrogens is 3. The van der Waals surface area contributed by atoms with Crippen LogP contribution in [-0.2, 0) is 18.9 Å². The van der Waals surface area contributed by atoms with E-state index < -0.39 is 0 Å². The molecule has 26 heavy (non-hydrogen) atoms. The van der Waals surface area contributed by atoms with Gasteiger partial charge in [-0.3, -0.25) is 18.7 Å². The van der Waals surface area contributed by atoms with Crippen molar-refractivity contribution >= 4 is 17.5 Å². The Hall–Kier alpha value is -2.90. The minimum Gasteiger partial charge on any atom is -0.357 e. The van der Waals surface area contributed by atoms with Crippen LogP contribution in [0.4, 0.5) is 11.6 Å². The summed E-state index contributed by atoms with van der Waals surface area (Å²) in [5.74, 6) is 0.744. The average Bonchev–Trinajstić information content (AvgIpc) is 2.65. The molecular formula is C18H23N5O3. The molecule has 138 valence electrons. The number of nitrogens with zero attached hydrogens (tertiary/aromatic N) is 4. The van der Waals surface area contributed by atoms with Crippen molar-refractivity contribution in [2.75, 3.05) is 23.3 Å². The Morgan fingerprint density at radius 2 is 2.00 bits per heavy atom. The van der Waals surface area contributed by atoms with E-state index >= 15 is 0 Å². The Morgan fingerprint density at radius 1 is 1.23 bits per heavy atom. The van der Waals surface area contributed by atoms with Gasteiger partial charge >= 0.3 is 5.69 Å². The number of nitrogens with one attached hydrogen (secondary N) is 1. The van der Waals surface area contributed by atoms with Crippen molar-refractivity contribution < 1.29 is 4.79 Å². The molecule has 2 aromatic rings. The molecule has 0 radical (unpaired) electrons. The van der Waals surface area contributed by atoms with Gasteiger partial charge in [0.15, 0.2) is 0 Å². The van der Waals surface area contributed by atoms with Crippen molar-refractivity contribution in [2.45, 2.75) is 19.8 Å². The standard InChI is InChI=1S/C18H23N5O3/c1-12-6-7-14(19-10-12)20-17(25)13-5-4-8-23(11-13)15-9-16(24)22(3)18(26)21(15)2/h6-7,9-10,13H,4-5,8,11H2,1-3H3,(H,19,20,25)/t13-/m0/s1. The van der Waals surface area contributed by atoms with Crippen LogP contribution in [0.5, 0.6) is 0 Å². The zero-order chi connectivity index (χ0) is 18.8. The molecule has 3 heterocycles. The molecule has 1 atom stereocenters. The largest absolute Gasteiger partial charge is 0.357 e. The quantitative estimate of drug-likeness (QED) is 0.871. The maximum Gasteiger partial charge on any atom is 0.332 e. The molecule has 1 amide bonds. The fourth-order valence-corrected chi connectivity index (χ4v) is 3.19. The number of hydrogen-bond donors (Lipinski definition) is 1. The van der Waals surface area contributed by atoms with E-state index in [4.69, 9.17) is 0 Å². The summed E-state index contributed by atoms with van der Waals surface area (Å²) >= 11 is 0. The molecule has 0 bridgehead atoms. The Kier molecular flexibility index (Phi) is 4.92. The van der Waals surface area contributed by atoms with Crippen LogP contribution in [0, 0.1) is 12.8 Å². The van der Waals surface area contributed by atoms with Gasteiger partial charge in [0, 0.05) is 39.4 Å². The minimum absolute atomic E-state index is 0.0973. The smallest absolute Gasteiger partial charge is 0.332 e. The first-order valence-corrected chi connectivity index (χ1v) is 8.62. The Bertz CT molecular complexity index is 929. The van der Waals surface area contributed by atoms with Crippen LogP contribution in [-0.4, -0.2) is 33.1 Å². The van der Waals surface area contributed by atoms with Crippen LogP contribution in [0.3, 0.4) is 0 Å². The van der Waals surface area contributed by atoms with E-state index in [2.05, 4.69) is 10.3 Å². The highest BCUT2D eigenvalue weighted by molar-refractivity contribution is 5.92. The van der Waals surface area contributed by atoms with E-state index in [1.807, 2.05) is 17.9 Å². The highest BCUT2D eigenvalue weighted by Gasteiger charge is 2.27. The molecule has 0 saturated carbocycles. The Morgan fingerprint density at radius 3 is 2.69 bits per heavy atom. The highest BCUT2D eigenvalue weighted by Crippen LogP contribution is 2.22. The third-order valence-electron chi connectivity index (χ3n) is 4.78. The van der Waals surface area contributed by atoms with Gasteiger partial charge in [-0.25, -0.2) is 9.78 Å². The second kappa shape index (κ2) is 7.15. The lowest BCUT2D eigenvalue weighted by atomic mass is 9.97. The van der Waals surface area contributed by atoms with E-state index in [-0.39, 0.29) is 23.1 Å². The second-order valence-corrected chi connectivity index (χ2v) is 6.74.